The highest BCUT2D eigenvalue weighted by atomic mass is 35.5. The lowest BCUT2D eigenvalue weighted by Crippen LogP contribution is -2.40. The van der Waals surface area contributed by atoms with Gasteiger partial charge in [0.25, 0.3) is 0 Å². The quantitative estimate of drug-likeness (QED) is 0.837. The number of ether oxygens (including phenoxy) is 1. The van der Waals surface area contributed by atoms with E-state index in [9.17, 15) is 4.39 Å². The van der Waals surface area contributed by atoms with Crippen LogP contribution in [0.25, 0.3) is 0 Å². The largest absolute Gasteiger partial charge is 0.383 e. The average Bonchev–Trinajstić information content (AvgIpc) is 2.50. The normalized spacial score (nSPS) is 19.9. The third-order valence-electron chi connectivity index (χ3n) is 3.99. The number of benzene rings is 1. The van der Waals surface area contributed by atoms with Gasteiger partial charge in [-0.1, -0.05) is 23.7 Å². The summed E-state index contributed by atoms with van der Waals surface area (Å²) < 4.78 is 18.5. The van der Waals surface area contributed by atoms with Gasteiger partial charge >= 0.3 is 0 Å². The van der Waals surface area contributed by atoms with E-state index in [1.165, 1.54) is 18.9 Å². The van der Waals surface area contributed by atoms with Crippen LogP contribution in [0.15, 0.2) is 18.2 Å². The van der Waals surface area contributed by atoms with Crippen molar-refractivity contribution in [2.24, 2.45) is 5.92 Å². The minimum absolute atomic E-state index is 0.232. The molecular formula is C16H24ClFN2O. The van der Waals surface area contributed by atoms with Gasteiger partial charge in [-0.15, -0.1) is 0 Å². The Bertz CT molecular complexity index is 444. The van der Waals surface area contributed by atoms with Crippen molar-refractivity contribution < 1.29 is 9.13 Å². The number of hydrogen-bond donors (Lipinski definition) is 1. The molecule has 0 bridgehead atoms. The van der Waals surface area contributed by atoms with Gasteiger partial charge in [-0.2, -0.15) is 0 Å². The van der Waals surface area contributed by atoms with Crippen LogP contribution in [0.1, 0.15) is 18.4 Å². The van der Waals surface area contributed by atoms with Gasteiger partial charge < -0.3 is 15.0 Å². The highest BCUT2D eigenvalue weighted by Crippen LogP contribution is 2.20. The molecule has 0 radical (unpaired) electrons. The number of rotatable bonds is 7. The van der Waals surface area contributed by atoms with Crippen LogP contribution < -0.4 is 5.32 Å². The van der Waals surface area contributed by atoms with Gasteiger partial charge in [-0.3, -0.25) is 0 Å². The Kier molecular flexibility index (Phi) is 6.90. The second-order valence-electron chi connectivity index (χ2n) is 5.65. The molecule has 0 amide bonds. The summed E-state index contributed by atoms with van der Waals surface area (Å²) in [7, 11) is 1.74. The summed E-state index contributed by atoms with van der Waals surface area (Å²) in [6.07, 6.45) is 2.48. The molecule has 118 valence electrons. The zero-order valence-electron chi connectivity index (χ0n) is 12.6. The van der Waals surface area contributed by atoms with Crippen LogP contribution in [0, 0.1) is 11.7 Å². The van der Waals surface area contributed by atoms with Crippen molar-refractivity contribution in [2.45, 2.75) is 19.4 Å². The molecule has 0 spiro atoms. The Morgan fingerprint density at radius 1 is 1.48 bits per heavy atom. The first kappa shape index (κ1) is 16.7. The van der Waals surface area contributed by atoms with Gasteiger partial charge in [0.15, 0.2) is 0 Å². The van der Waals surface area contributed by atoms with Gasteiger partial charge in [0.05, 0.1) is 11.6 Å². The van der Waals surface area contributed by atoms with Gasteiger partial charge in [0.2, 0.25) is 0 Å². The van der Waals surface area contributed by atoms with E-state index in [2.05, 4.69) is 10.2 Å². The number of hydrogen-bond acceptors (Lipinski definition) is 3. The first-order chi connectivity index (χ1) is 10.2. The Balaban J connectivity index is 1.74. The van der Waals surface area contributed by atoms with E-state index in [-0.39, 0.29) is 10.8 Å². The van der Waals surface area contributed by atoms with E-state index in [1.807, 2.05) is 6.07 Å². The molecule has 0 aliphatic carbocycles. The summed E-state index contributed by atoms with van der Waals surface area (Å²) >= 11 is 5.96. The fourth-order valence-electron chi connectivity index (χ4n) is 2.84. The summed E-state index contributed by atoms with van der Waals surface area (Å²) in [4.78, 5) is 2.45. The molecule has 0 aromatic heterocycles. The van der Waals surface area contributed by atoms with Gasteiger partial charge in [-0.05, 0) is 43.5 Å². The Hall–Kier alpha value is -0.680. The first-order valence-electron chi connectivity index (χ1n) is 7.55. The van der Waals surface area contributed by atoms with E-state index in [0.29, 0.717) is 12.5 Å². The molecule has 1 saturated heterocycles. The van der Waals surface area contributed by atoms with Crippen molar-refractivity contribution in [1.29, 1.82) is 0 Å². The summed E-state index contributed by atoms with van der Waals surface area (Å²) in [5.74, 6) is 0.294. The molecule has 5 heteroatoms. The zero-order chi connectivity index (χ0) is 15.1. The standard InChI is InChI=1S/C16H24ClFN2O/c1-21-9-8-20-7-3-4-13(12-20)10-19-11-14-5-2-6-15(18)16(14)17/h2,5-6,13,19H,3-4,7-12H2,1H3. The third kappa shape index (κ3) is 5.22. The molecule has 1 aliphatic heterocycles. The van der Waals surface area contributed by atoms with Crippen LogP contribution in [0.5, 0.6) is 0 Å². The third-order valence-corrected chi connectivity index (χ3v) is 4.42. The number of likely N-dealkylation sites (tertiary alicyclic amines) is 1. The number of piperidine rings is 1. The van der Waals surface area contributed by atoms with Crippen LogP contribution >= 0.6 is 11.6 Å². The van der Waals surface area contributed by atoms with Gasteiger partial charge in [0.1, 0.15) is 5.82 Å². The molecule has 1 aromatic carbocycles. The fourth-order valence-corrected chi connectivity index (χ4v) is 3.03. The lowest BCUT2D eigenvalue weighted by Gasteiger charge is -2.32. The van der Waals surface area contributed by atoms with Crippen LogP contribution in [-0.2, 0) is 11.3 Å². The Labute approximate surface area is 131 Å². The van der Waals surface area contributed by atoms with Crippen molar-refractivity contribution >= 4 is 11.6 Å². The summed E-state index contributed by atoms with van der Waals surface area (Å²) in [6.45, 7) is 5.62. The summed E-state index contributed by atoms with van der Waals surface area (Å²) in [5, 5.41) is 3.64. The molecular weight excluding hydrogens is 291 g/mol. The fraction of sp³-hybridized carbons (Fsp3) is 0.625. The van der Waals surface area contributed by atoms with E-state index in [0.717, 1.165) is 38.3 Å². The maximum absolute atomic E-state index is 13.4. The van der Waals surface area contributed by atoms with Crippen molar-refractivity contribution in [1.82, 2.24) is 10.2 Å². The molecule has 1 unspecified atom stereocenters. The average molecular weight is 315 g/mol. The van der Waals surface area contributed by atoms with Crippen LogP contribution in [-0.4, -0.2) is 44.8 Å². The summed E-state index contributed by atoms with van der Waals surface area (Å²) in [6, 6.07) is 4.95. The SMILES string of the molecule is COCCN1CCCC(CNCc2cccc(F)c2Cl)C1. The minimum atomic E-state index is -0.348. The van der Waals surface area contributed by atoms with Crippen molar-refractivity contribution in [3.8, 4) is 0 Å². The maximum Gasteiger partial charge on any atom is 0.142 e. The number of methoxy groups -OCH3 is 1. The Morgan fingerprint density at radius 2 is 2.33 bits per heavy atom. The van der Waals surface area contributed by atoms with Crippen molar-refractivity contribution in [3.63, 3.8) is 0 Å². The maximum atomic E-state index is 13.4. The predicted octanol–water partition coefficient (Wildman–Crippen LogP) is 2.93. The van der Waals surface area contributed by atoms with Crippen LogP contribution in [0.2, 0.25) is 5.02 Å². The molecule has 3 nitrogen and oxygen atoms in total. The van der Waals surface area contributed by atoms with E-state index in [1.54, 1.807) is 13.2 Å². The number of nitrogens with zero attached hydrogens (tertiary/aromatic N) is 1. The second kappa shape index (κ2) is 8.69. The second-order valence-corrected chi connectivity index (χ2v) is 6.02. The number of halogens is 2. The smallest absolute Gasteiger partial charge is 0.142 e. The van der Waals surface area contributed by atoms with Crippen molar-refractivity contribution in [3.05, 3.63) is 34.6 Å². The van der Waals surface area contributed by atoms with Gasteiger partial charge in [0, 0.05) is 26.7 Å². The van der Waals surface area contributed by atoms with E-state index in [4.69, 9.17) is 16.3 Å². The molecule has 1 aromatic rings. The summed E-state index contributed by atoms with van der Waals surface area (Å²) in [5.41, 5.74) is 0.823. The molecule has 1 N–H and O–H groups in total. The Morgan fingerprint density at radius 3 is 3.14 bits per heavy atom. The van der Waals surface area contributed by atoms with Crippen LogP contribution in [0.3, 0.4) is 0 Å². The van der Waals surface area contributed by atoms with Crippen LogP contribution in [0.4, 0.5) is 4.39 Å². The molecule has 1 atom stereocenters. The predicted molar refractivity (Wildman–Crippen MR) is 84.2 cm³/mol. The molecule has 0 saturated carbocycles. The molecule has 1 aliphatic rings. The molecule has 1 fully saturated rings. The monoisotopic (exact) mass is 314 g/mol. The molecule has 2 rings (SSSR count). The lowest BCUT2D eigenvalue weighted by atomic mass is 9.98. The van der Waals surface area contributed by atoms with E-state index >= 15 is 0 Å². The minimum Gasteiger partial charge on any atom is -0.383 e. The molecule has 1 heterocycles. The highest BCUT2D eigenvalue weighted by molar-refractivity contribution is 6.31. The lowest BCUT2D eigenvalue weighted by molar-refractivity contribution is 0.114. The van der Waals surface area contributed by atoms with E-state index < -0.39 is 0 Å². The van der Waals surface area contributed by atoms with Gasteiger partial charge in [-0.25, -0.2) is 4.39 Å². The zero-order valence-corrected chi connectivity index (χ0v) is 13.3. The first-order valence-corrected chi connectivity index (χ1v) is 7.93. The highest BCUT2D eigenvalue weighted by Gasteiger charge is 2.19. The van der Waals surface area contributed by atoms with Crippen molar-refractivity contribution in [2.75, 3.05) is 39.9 Å². The molecule has 21 heavy (non-hydrogen) atoms. The topological polar surface area (TPSA) is 24.5 Å². The number of nitrogens with one attached hydrogen (secondary N) is 1.